The minimum absolute atomic E-state index is 0.209. The van der Waals surface area contributed by atoms with Crippen LogP contribution in [0.25, 0.3) is 11.0 Å². The second-order valence-electron chi connectivity index (χ2n) is 3.38. The third-order valence-corrected chi connectivity index (χ3v) is 2.16. The molecule has 0 spiro atoms. The molecular weight excluding hydrogens is 230 g/mol. The first-order valence-corrected chi connectivity index (χ1v) is 5.19. The lowest BCUT2D eigenvalue weighted by atomic mass is 10.3. The Bertz CT molecular complexity index is 473. The van der Waals surface area contributed by atoms with E-state index in [0.717, 1.165) is 11.0 Å². The molecule has 0 bridgehead atoms. The number of halogens is 2. The number of pyridine rings is 1. The maximum absolute atomic E-state index is 11.8. The molecule has 17 heavy (non-hydrogen) atoms. The molecule has 2 rings (SSSR count). The van der Waals surface area contributed by atoms with Gasteiger partial charge in [-0.05, 0) is 12.1 Å². The molecule has 0 amide bonds. The fourth-order valence-corrected chi connectivity index (χ4v) is 1.45. The molecule has 2 aromatic heterocycles. The quantitative estimate of drug-likeness (QED) is 0.791. The lowest BCUT2D eigenvalue weighted by Gasteiger charge is -2.06. The average Bonchev–Trinajstić information content (AvgIpc) is 2.77. The van der Waals surface area contributed by atoms with Gasteiger partial charge in [-0.2, -0.15) is 0 Å². The zero-order valence-corrected chi connectivity index (χ0v) is 9.03. The van der Waals surface area contributed by atoms with Gasteiger partial charge in [0, 0.05) is 12.7 Å². The van der Waals surface area contributed by atoms with E-state index >= 15 is 0 Å². The summed E-state index contributed by atoms with van der Waals surface area (Å²) >= 11 is 0. The van der Waals surface area contributed by atoms with E-state index in [9.17, 15) is 8.78 Å². The number of furan rings is 1. The Hall–Kier alpha value is -1.69. The van der Waals surface area contributed by atoms with E-state index < -0.39 is 13.0 Å². The number of alkyl halides is 2. The van der Waals surface area contributed by atoms with Gasteiger partial charge in [0.1, 0.15) is 18.0 Å². The van der Waals surface area contributed by atoms with Crippen LogP contribution in [-0.4, -0.2) is 31.2 Å². The second-order valence-corrected chi connectivity index (χ2v) is 3.38. The predicted octanol–water partition coefficient (Wildman–Crippen LogP) is 2.52. The summed E-state index contributed by atoms with van der Waals surface area (Å²) in [5.41, 5.74) is 0.732. The van der Waals surface area contributed by atoms with Crippen LogP contribution in [0, 0.1) is 0 Å². The Morgan fingerprint density at radius 2 is 2.29 bits per heavy atom. The van der Waals surface area contributed by atoms with Crippen molar-refractivity contribution in [2.75, 3.05) is 25.1 Å². The minimum Gasteiger partial charge on any atom is -0.464 e. The Labute approximate surface area is 96.6 Å². The fourth-order valence-electron chi connectivity index (χ4n) is 1.45. The number of anilines is 1. The van der Waals surface area contributed by atoms with Crippen molar-refractivity contribution in [3.05, 3.63) is 24.6 Å². The Morgan fingerprint density at radius 3 is 3.12 bits per heavy atom. The molecule has 0 aliphatic heterocycles. The van der Waals surface area contributed by atoms with Crippen molar-refractivity contribution in [2.45, 2.75) is 6.43 Å². The summed E-state index contributed by atoms with van der Waals surface area (Å²) in [5, 5.41) is 3.87. The first-order chi connectivity index (χ1) is 8.27. The van der Waals surface area contributed by atoms with Gasteiger partial charge in [-0.1, -0.05) is 0 Å². The van der Waals surface area contributed by atoms with Gasteiger partial charge >= 0.3 is 0 Å². The highest BCUT2D eigenvalue weighted by atomic mass is 19.3. The summed E-state index contributed by atoms with van der Waals surface area (Å²) in [6.45, 7) is 0.0926. The lowest BCUT2D eigenvalue weighted by Crippen LogP contribution is -2.13. The second kappa shape index (κ2) is 5.58. The summed E-state index contributed by atoms with van der Waals surface area (Å²) in [6, 6.07) is 3.55. The van der Waals surface area contributed by atoms with E-state index in [1.165, 1.54) is 0 Å². The zero-order valence-electron chi connectivity index (χ0n) is 9.03. The van der Waals surface area contributed by atoms with Crippen LogP contribution in [-0.2, 0) is 4.74 Å². The number of hydrogen-bond donors (Lipinski definition) is 1. The highest BCUT2D eigenvalue weighted by Crippen LogP contribution is 2.21. The number of ether oxygens (including phenoxy) is 1. The minimum atomic E-state index is -2.43. The SMILES string of the molecule is FC(F)COCCNc1nccc2occc12. The van der Waals surface area contributed by atoms with E-state index in [4.69, 9.17) is 9.15 Å². The van der Waals surface area contributed by atoms with E-state index in [1.807, 2.05) is 0 Å². The molecule has 92 valence electrons. The van der Waals surface area contributed by atoms with Crippen LogP contribution < -0.4 is 5.32 Å². The number of hydrogen-bond acceptors (Lipinski definition) is 4. The molecular formula is C11H12F2N2O2. The highest BCUT2D eigenvalue weighted by Gasteiger charge is 2.04. The molecule has 0 radical (unpaired) electrons. The monoisotopic (exact) mass is 242 g/mol. The van der Waals surface area contributed by atoms with Gasteiger partial charge in [-0.15, -0.1) is 0 Å². The molecule has 2 aromatic rings. The van der Waals surface area contributed by atoms with Gasteiger partial charge in [0.25, 0.3) is 6.43 Å². The van der Waals surface area contributed by atoms with E-state index in [-0.39, 0.29) is 6.61 Å². The molecule has 0 aromatic carbocycles. The normalized spacial score (nSPS) is 11.2. The van der Waals surface area contributed by atoms with E-state index in [1.54, 1.807) is 24.6 Å². The van der Waals surface area contributed by atoms with Crippen molar-refractivity contribution in [3.8, 4) is 0 Å². The van der Waals surface area contributed by atoms with Crippen molar-refractivity contribution < 1.29 is 17.9 Å². The lowest BCUT2D eigenvalue weighted by molar-refractivity contribution is 0.0215. The van der Waals surface area contributed by atoms with Gasteiger partial charge in [-0.3, -0.25) is 0 Å². The number of nitrogens with zero attached hydrogens (tertiary/aromatic N) is 1. The molecule has 0 saturated heterocycles. The first kappa shape index (κ1) is 11.8. The van der Waals surface area contributed by atoms with Crippen LogP contribution in [0.3, 0.4) is 0 Å². The van der Waals surface area contributed by atoms with Crippen molar-refractivity contribution in [2.24, 2.45) is 0 Å². The number of aromatic nitrogens is 1. The van der Waals surface area contributed by atoms with Crippen molar-refractivity contribution in [1.29, 1.82) is 0 Å². The molecule has 0 aliphatic rings. The standard InChI is InChI=1S/C11H12F2N2O2/c12-10(13)7-16-6-4-15-11-8-2-5-17-9(8)1-3-14-11/h1-3,5,10H,4,6-7H2,(H,14,15). The molecule has 6 heteroatoms. The topological polar surface area (TPSA) is 47.3 Å². The first-order valence-electron chi connectivity index (χ1n) is 5.19. The molecule has 0 saturated carbocycles. The van der Waals surface area contributed by atoms with Crippen LogP contribution in [0.4, 0.5) is 14.6 Å². The molecule has 0 unspecified atom stereocenters. The van der Waals surface area contributed by atoms with Gasteiger partial charge in [0.2, 0.25) is 0 Å². The Kier molecular flexibility index (Phi) is 3.87. The predicted molar refractivity (Wildman–Crippen MR) is 59.3 cm³/mol. The molecule has 1 N–H and O–H groups in total. The van der Waals surface area contributed by atoms with Gasteiger partial charge in [0.05, 0.1) is 18.3 Å². The summed E-state index contributed by atoms with van der Waals surface area (Å²) in [6.07, 6.45) is 0.768. The fraction of sp³-hybridized carbons (Fsp3) is 0.364. The Morgan fingerprint density at radius 1 is 1.41 bits per heavy atom. The van der Waals surface area contributed by atoms with Gasteiger partial charge < -0.3 is 14.5 Å². The van der Waals surface area contributed by atoms with Crippen LogP contribution in [0.2, 0.25) is 0 Å². The summed E-state index contributed by atoms with van der Waals surface area (Å²) in [5.74, 6) is 0.664. The zero-order chi connectivity index (χ0) is 12.1. The number of nitrogens with one attached hydrogen (secondary N) is 1. The summed E-state index contributed by atoms with van der Waals surface area (Å²) in [4.78, 5) is 4.14. The number of rotatable bonds is 6. The maximum atomic E-state index is 11.8. The summed E-state index contributed by atoms with van der Waals surface area (Å²) < 4.78 is 33.5. The van der Waals surface area contributed by atoms with Gasteiger partial charge in [0.15, 0.2) is 0 Å². The van der Waals surface area contributed by atoms with E-state index in [0.29, 0.717) is 12.4 Å². The van der Waals surface area contributed by atoms with Crippen molar-refractivity contribution >= 4 is 16.8 Å². The maximum Gasteiger partial charge on any atom is 0.261 e. The van der Waals surface area contributed by atoms with Crippen LogP contribution in [0.15, 0.2) is 29.0 Å². The van der Waals surface area contributed by atoms with Crippen LogP contribution >= 0.6 is 0 Å². The highest BCUT2D eigenvalue weighted by molar-refractivity contribution is 5.87. The molecule has 2 heterocycles. The Balaban J connectivity index is 1.84. The number of fused-ring (bicyclic) bond motifs is 1. The molecule has 0 fully saturated rings. The summed E-state index contributed by atoms with van der Waals surface area (Å²) in [7, 11) is 0. The van der Waals surface area contributed by atoms with Gasteiger partial charge in [-0.25, -0.2) is 13.8 Å². The molecule has 0 atom stereocenters. The van der Waals surface area contributed by atoms with Crippen LogP contribution in [0.1, 0.15) is 0 Å². The van der Waals surface area contributed by atoms with E-state index in [2.05, 4.69) is 10.3 Å². The van der Waals surface area contributed by atoms with Crippen molar-refractivity contribution in [3.63, 3.8) is 0 Å². The van der Waals surface area contributed by atoms with Crippen LogP contribution in [0.5, 0.6) is 0 Å². The largest absolute Gasteiger partial charge is 0.464 e. The smallest absolute Gasteiger partial charge is 0.261 e. The molecule has 4 nitrogen and oxygen atoms in total. The third kappa shape index (κ3) is 3.13. The molecule has 0 aliphatic carbocycles. The third-order valence-electron chi connectivity index (χ3n) is 2.16. The average molecular weight is 242 g/mol. The van der Waals surface area contributed by atoms with Crippen molar-refractivity contribution in [1.82, 2.24) is 4.98 Å².